The van der Waals surface area contributed by atoms with Gasteiger partial charge < -0.3 is 14.8 Å². The van der Waals surface area contributed by atoms with Crippen molar-refractivity contribution in [2.45, 2.75) is 32.2 Å². The van der Waals surface area contributed by atoms with Crippen LogP contribution in [-0.4, -0.2) is 69.8 Å². The van der Waals surface area contributed by atoms with Gasteiger partial charge in [0.1, 0.15) is 5.54 Å². The average Bonchev–Trinajstić information content (AvgIpc) is 3.23. The number of para-hydroxylation sites is 1. The number of hydrogen-bond acceptors (Lipinski definition) is 3. The van der Waals surface area contributed by atoms with Crippen LogP contribution in [-0.2, 0) is 4.79 Å². The number of imide groups is 1. The van der Waals surface area contributed by atoms with Crippen LogP contribution >= 0.6 is 0 Å². The van der Waals surface area contributed by atoms with E-state index >= 15 is 0 Å². The second-order valence-corrected chi connectivity index (χ2v) is 8.22. The van der Waals surface area contributed by atoms with Crippen LogP contribution in [0.4, 0.5) is 4.79 Å². The number of aromatic amines is 1. The van der Waals surface area contributed by atoms with E-state index in [1.54, 1.807) is 16.8 Å². The second-order valence-electron chi connectivity index (χ2n) is 8.22. The first-order valence-corrected chi connectivity index (χ1v) is 9.80. The molecule has 2 fully saturated rings. The number of piperidine rings is 1. The second kappa shape index (κ2) is 6.65. The van der Waals surface area contributed by atoms with Gasteiger partial charge in [0.15, 0.2) is 0 Å². The molecule has 0 bridgehead atoms. The number of rotatable bonds is 3. The highest BCUT2D eigenvalue weighted by molar-refractivity contribution is 6.08. The van der Waals surface area contributed by atoms with E-state index in [1.807, 2.05) is 44.3 Å². The molecule has 3 heterocycles. The zero-order chi connectivity index (χ0) is 20.1. The van der Waals surface area contributed by atoms with Crippen LogP contribution in [0.25, 0.3) is 10.9 Å². The number of urea groups is 1. The lowest BCUT2D eigenvalue weighted by Crippen LogP contribution is -2.58. The van der Waals surface area contributed by atoms with Gasteiger partial charge in [-0.15, -0.1) is 0 Å². The minimum atomic E-state index is -0.814. The van der Waals surface area contributed by atoms with Gasteiger partial charge in [-0.25, -0.2) is 4.79 Å². The molecular weight excluding hydrogens is 356 g/mol. The molecule has 2 aromatic rings. The number of likely N-dealkylation sites (N-methyl/N-ethyl adjacent to an activating group) is 1. The zero-order valence-electron chi connectivity index (χ0n) is 16.6. The molecule has 2 aliphatic rings. The van der Waals surface area contributed by atoms with Crippen LogP contribution in [0.5, 0.6) is 0 Å². The summed E-state index contributed by atoms with van der Waals surface area (Å²) < 4.78 is 0. The number of carbonyl (C=O) groups is 3. The number of H-pyrrole nitrogens is 1. The Morgan fingerprint density at radius 1 is 1.18 bits per heavy atom. The van der Waals surface area contributed by atoms with Crippen molar-refractivity contribution in [2.75, 3.05) is 26.7 Å². The van der Waals surface area contributed by atoms with E-state index in [1.165, 1.54) is 4.90 Å². The Kier molecular flexibility index (Phi) is 4.40. The van der Waals surface area contributed by atoms with E-state index in [2.05, 4.69) is 4.98 Å². The Balaban J connectivity index is 1.56. The summed E-state index contributed by atoms with van der Waals surface area (Å²) in [4.78, 5) is 46.6. The first kappa shape index (κ1) is 18.5. The van der Waals surface area contributed by atoms with E-state index in [4.69, 9.17) is 0 Å². The standard InChI is InChI=1S/C21H26N4O3/c1-14(2)13-25-20(28)23(3)19(27)21(25)8-11-24(12-9-21)18(26)16-6-4-5-15-7-10-22-17(15)16/h4-7,10,14,22H,8-9,11-13H2,1-3H3. The lowest BCUT2D eigenvalue weighted by atomic mass is 9.85. The van der Waals surface area contributed by atoms with E-state index in [9.17, 15) is 14.4 Å². The molecule has 1 aromatic heterocycles. The van der Waals surface area contributed by atoms with Gasteiger partial charge >= 0.3 is 6.03 Å². The Bertz CT molecular complexity index is 940. The average molecular weight is 382 g/mol. The van der Waals surface area contributed by atoms with E-state index in [0.29, 0.717) is 38.0 Å². The number of hydrogen-bond donors (Lipinski definition) is 1. The van der Waals surface area contributed by atoms with Gasteiger partial charge in [0.2, 0.25) is 0 Å². The Labute approximate surface area is 164 Å². The van der Waals surface area contributed by atoms with Crippen molar-refractivity contribution in [1.29, 1.82) is 0 Å². The summed E-state index contributed by atoms with van der Waals surface area (Å²) in [6, 6.07) is 7.40. The van der Waals surface area contributed by atoms with Crippen LogP contribution in [0.2, 0.25) is 0 Å². The molecule has 1 aromatic carbocycles. The largest absolute Gasteiger partial charge is 0.361 e. The fraction of sp³-hybridized carbons (Fsp3) is 0.476. The number of nitrogens with one attached hydrogen (secondary N) is 1. The maximum Gasteiger partial charge on any atom is 0.327 e. The molecule has 0 saturated carbocycles. The van der Waals surface area contributed by atoms with Gasteiger partial charge in [0.25, 0.3) is 11.8 Å². The van der Waals surface area contributed by atoms with Crippen molar-refractivity contribution in [3.63, 3.8) is 0 Å². The van der Waals surface area contributed by atoms with E-state index < -0.39 is 5.54 Å². The van der Waals surface area contributed by atoms with Gasteiger partial charge in [-0.1, -0.05) is 26.0 Å². The molecule has 0 atom stereocenters. The van der Waals surface area contributed by atoms with Crippen LogP contribution in [0.1, 0.15) is 37.0 Å². The van der Waals surface area contributed by atoms with Gasteiger partial charge in [-0.05, 0) is 30.9 Å². The number of nitrogens with zero attached hydrogens (tertiary/aromatic N) is 3. The van der Waals surface area contributed by atoms with Crippen molar-refractivity contribution in [3.8, 4) is 0 Å². The lowest BCUT2D eigenvalue weighted by molar-refractivity contribution is -0.134. The Hall–Kier alpha value is -2.83. The molecule has 4 rings (SSSR count). The highest BCUT2D eigenvalue weighted by Crippen LogP contribution is 2.37. The van der Waals surface area contributed by atoms with Crippen molar-refractivity contribution < 1.29 is 14.4 Å². The summed E-state index contributed by atoms with van der Waals surface area (Å²) in [5, 5.41) is 1.00. The Morgan fingerprint density at radius 2 is 1.89 bits per heavy atom. The third kappa shape index (κ3) is 2.68. The lowest BCUT2D eigenvalue weighted by Gasteiger charge is -2.42. The van der Waals surface area contributed by atoms with Crippen molar-refractivity contribution in [3.05, 3.63) is 36.0 Å². The van der Waals surface area contributed by atoms with Crippen LogP contribution < -0.4 is 0 Å². The summed E-state index contributed by atoms with van der Waals surface area (Å²) in [6.45, 7) is 5.54. The molecule has 0 aliphatic carbocycles. The maximum absolute atomic E-state index is 13.1. The van der Waals surface area contributed by atoms with E-state index in [0.717, 1.165) is 10.9 Å². The van der Waals surface area contributed by atoms with Gasteiger partial charge in [0, 0.05) is 38.3 Å². The SMILES string of the molecule is CC(C)CN1C(=O)N(C)C(=O)C12CCN(C(=O)c1cccc3cc[nH]c13)CC2. The quantitative estimate of drug-likeness (QED) is 0.829. The summed E-state index contributed by atoms with van der Waals surface area (Å²) in [5.41, 5.74) is 0.662. The molecule has 7 heteroatoms. The van der Waals surface area contributed by atoms with Crippen molar-refractivity contribution >= 4 is 28.7 Å². The minimum Gasteiger partial charge on any atom is -0.361 e. The summed E-state index contributed by atoms with van der Waals surface area (Å²) in [5.74, 6) is 0.0884. The van der Waals surface area contributed by atoms with Gasteiger partial charge in [0.05, 0.1) is 11.1 Å². The molecule has 2 saturated heterocycles. The first-order valence-electron chi connectivity index (χ1n) is 9.80. The van der Waals surface area contributed by atoms with Gasteiger partial charge in [-0.2, -0.15) is 0 Å². The molecule has 1 N–H and O–H groups in total. The highest BCUT2D eigenvalue weighted by atomic mass is 16.2. The molecule has 28 heavy (non-hydrogen) atoms. The zero-order valence-corrected chi connectivity index (χ0v) is 16.6. The molecule has 0 radical (unpaired) electrons. The number of carbonyl (C=O) groups excluding carboxylic acids is 3. The van der Waals surface area contributed by atoms with E-state index in [-0.39, 0.29) is 23.8 Å². The molecular formula is C21H26N4O3. The van der Waals surface area contributed by atoms with Gasteiger partial charge in [-0.3, -0.25) is 14.5 Å². The number of amides is 4. The molecule has 0 unspecified atom stereocenters. The predicted octanol–water partition coefficient (Wildman–Crippen LogP) is 2.69. The highest BCUT2D eigenvalue weighted by Gasteiger charge is 2.57. The Morgan fingerprint density at radius 3 is 2.57 bits per heavy atom. The summed E-state index contributed by atoms with van der Waals surface area (Å²) in [7, 11) is 1.55. The molecule has 7 nitrogen and oxygen atoms in total. The normalized spacial score (nSPS) is 19.5. The topological polar surface area (TPSA) is 76.7 Å². The van der Waals surface area contributed by atoms with Crippen molar-refractivity contribution in [2.24, 2.45) is 5.92 Å². The third-order valence-corrected chi connectivity index (χ3v) is 5.98. The number of aromatic nitrogens is 1. The number of likely N-dealkylation sites (tertiary alicyclic amines) is 1. The molecule has 4 amide bonds. The summed E-state index contributed by atoms with van der Waals surface area (Å²) in [6.07, 6.45) is 2.78. The first-order chi connectivity index (χ1) is 13.3. The monoisotopic (exact) mass is 382 g/mol. The van der Waals surface area contributed by atoms with Crippen LogP contribution in [0.3, 0.4) is 0 Å². The molecule has 148 valence electrons. The molecule has 1 spiro atoms. The van der Waals surface area contributed by atoms with Crippen LogP contribution in [0.15, 0.2) is 30.5 Å². The fourth-order valence-corrected chi connectivity index (χ4v) is 4.49. The smallest absolute Gasteiger partial charge is 0.327 e. The van der Waals surface area contributed by atoms with Crippen LogP contribution in [0, 0.1) is 5.92 Å². The maximum atomic E-state index is 13.1. The predicted molar refractivity (Wildman–Crippen MR) is 106 cm³/mol. The fourth-order valence-electron chi connectivity index (χ4n) is 4.49. The number of benzene rings is 1. The third-order valence-electron chi connectivity index (χ3n) is 5.98. The minimum absolute atomic E-state index is 0.0385. The summed E-state index contributed by atoms with van der Waals surface area (Å²) >= 11 is 0. The number of fused-ring (bicyclic) bond motifs is 1. The van der Waals surface area contributed by atoms with Crippen molar-refractivity contribution in [1.82, 2.24) is 19.7 Å². The molecule has 2 aliphatic heterocycles.